The Bertz CT molecular complexity index is 1540. The summed E-state index contributed by atoms with van der Waals surface area (Å²) in [7, 11) is 0. The van der Waals surface area contributed by atoms with E-state index in [9.17, 15) is 32.3 Å². The highest BCUT2D eigenvalue weighted by molar-refractivity contribution is 6.30. The lowest BCUT2D eigenvalue weighted by atomic mass is 10.1. The standard InChI is InChI=1S/C23H19ClF4N6O3/c24-13-8-29-20(30-9-13)16-6-12-3-5-34(22(37)15(12)7-17(16)25)4-1-2-14(11-35)32-18-10-31-33-21(36)19(18)23(26,27)28/h3,5-10,14,35H,1-2,4,11H2,(H2,32,33,36). The molecule has 0 aliphatic carbocycles. The molecule has 0 bridgehead atoms. The van der Waals surface area contributed by atoms with Crippen molar-refractivity contribution in [1.82, 2.24) is 24.7 Å². The first kappa shape index (κ1) is 26.2. The number of halogens is 5. The van der Waals surface area contributed by atoms with Crippen LogP contribution in [0.2, 0.25) is 5.02 Å². The molecule has 0 fully saturated rings. The van der Waals surface area contributed by atoms with Gasteiger partial charge in [-0.2, -0.15) is 18.3 Å². The fourth-order valence-electron chi connectivity index (χ4n) is 3.83. The van der Waals surface area contributed by atoms with Gasteiger partial charge in [-0.15, -0.1) is 0 Å². The number of pyridine rings is 1. The number of aromatic amines is 1. The van der Waals surface area contributed by atoms with Gasteiger partial charge >= 0.3 is 6.18 Å². The molecule has 4 aromatic rings. The lowest BCUT2D eigenvalue weighted by molar-refractivity contribution is -0.138. The molecule has 0 aliphatic heterocycles. The van der Waals surface area contributed by atoms with Crippen molar-refractivity contribution < 1.29 is 22.7 Å². The van der Waals surface area contributed by atoms with E-state index in [-0.39, 0.29) is 36.2 Å². The van der Waals surface area contributed by atoms with E-state index in [1.165, 1.54) is 29.2 Å². The molecule has 4 rings (SSSR count). The van der Waals surface area contributed by atoms with E-state index in [4.69, 9.17) is 11.6 Å². The number of hydrogen-bond donors (Lipinski definition) is 3. The van der Waals surface area contributed by atoms with Gasteiger partial charge in [-0.3, -0.25) is 9.59 Å². The molecule has 194 valence electrons. The van der Waals surface area contributed by atoms with E-state index in [0.29, 0.717) is 10.4 Å². The molecule has 0 amide bonds. The van der Waals surface area contributed by atoms with Crippen LogP contribution in [0.15, 0.2) is 52.6 Å². The molecular formula is C23H19ClF4N6O3. The molecule has 9 nitrogen and oxygen atoms in total. The predicted molar refractivity (Wildman–Crippen MR) is 128 cm³/mol. The van der Waals surface area contributed by atoms with Gasteiger partial charge in [0.25, 0.3) is 11.1 Å². The summed E-state index contributed by atoms with van der Waals surface area (Å²) in [5.74, 6) is -0.582. The molecule has 14 heteroatoms. The number of rotatable bonds is 8. The minimum atomic E-state index is -4.92. The van der Waals surface area contributed by atoms with Gasteiger partial charge in [0.05, 0.1) is 34.5 Å². The lowest BCUT2D eigenvalue weighted by Gasteiger charge is -2.20. The van der Waals surface area contributed by atoms with Gasteiger partial charge < -0.3 is 15.0 Å². The molecule has 0 saturated carbocycles. The number of H-pyrrole nitrogens is 1. The van der Waals surface area contributed by atoms with Crippen molar-refractivity contribution in [2.24, 2.45) is 0 Å². The van der Waals surface area contributed by atoms with Gasteiger partial charge in [0, 0.05) is 31.2 Å². The quantitative estimate of drug-likeness (QED) is 0.293. The monoisotopic (exact) mass is 538 g/mol. The van der Waals surface area contributed by atoms with Crippen LogP contribution in [-0.4, -0.2) is 42.5 Å². The van der Waals surface area contributed by atoms with Crippen LogP contribution < -0.4 is 16.4 Å². The highest BCUT2D eigenvalue weighted by Crippen LogP contribution is 2.32. The first-order chi connectivity index (χ1) is 17.6. The number of benzene rings is 1. The largest absolute Gasteiger partial charge is 0.423 e. The second kappa shape index (κ2) is 10.6. The Hall–Kier alpha value is -3.84. The topological polar surface area (TPSA) is 126 Å². The molecule has 3 aromatic heterocycles. The Morgan fingerprint density at radius 1 is 1.16 bits per heavy atom. The summed E-state index contributed by atoms with van der Waals surface area (Å²) in [6.45, 7) is -0.381. The number of aromatic nitrogens is 5. The van der Waals surface area contributed by atoms with E-state index in [1.54, 1.807) is 11.2 Å². The highest BCUT2D eigenvalue weighted by atomic mass is 35.5. The maximum Gasteiger partial charge on any atom is 0.423 e. The van der Waals surface area contributed by atoms with Crippen LogP contribution in [0, 0.1) is 5.82 Å². The number of nitrogens with one attached hydrogen (secondary N) is 2. The fraction of sp³-hybridized carbons (Fsp3) is 0.261. The van der Waals surface area contributed by atoms with Gasteiger partial charge in [0.1, 0.15) is 11.4 Å². The van der Waals surface area contributed by atoms with Gasteiger partial charge in [-0.25, -0.2) is 19.5 Å². The lowest BCUT2D eigenvalue weighted by Crippen LogP contribution is -2.30. The summed E-state index contributed by atoms with van der Waals surface area (Å²) in [4.78, 5) is 32.5. The average molecular weight is 539 g/mol. The molecule has 3 N–H and O–H groups in total. The second-order valence-corrected chi connectivity index (χ2v) is 8.55. The van der Waals surface area contributed by atoms with E-state index in [2.05, 4.69) is 20.4 Å². The summed E-state index contributed by atoms with van der Waals surface area (Å²) in [6, 6.07) is 3.33. The maximum atomic E-state index is 14.8. The minimum absolute atomic E-state index is 0.102. The smallest absolute Gasteiger partial charge is 0.394 e. The van der Waals surface area contributed by atoms with Crippen molar-refractivity contribution in [3.63, 3.8) is 0 Å². The average Bonchev–Trinajstić information content (AvgIpc) is 2.84. The van der Waals surface area contributed by atoms with Gasteiger partial charge in [0.15, 0.2) is 5.82 Å². The summed E-state index contributed by atoms with van der Waals surface area (Å²) in [5.41, 5.74) is -3.78. The number of aliphatic hydroxyl groups excluding tert-OH is 1. The van der Waals surface area contributed by atoms with Crippen molar-refractivity contribution in [2.45, 2.75) is 31.6 Å². The van der Waals surface area contributed by atoms with Gasteiger partial charge in [-0.05, 0) is 36.4 Å². The molecule has 0 saturated heterocycles. The second-order valence-electron chi connectivity index (χ2n) is 8.11. The summed E-state index contributed by atoms with van der Waals surface area (Å²) in [6.07, 6.45) is 0.503. The van der Waals surface area contributed by atoms with Crippen LogP contribution in [0.5, 0.6) is 0 Å². The Kier molecular flexibility index (Phi) is 7.55. The Labute approximate surface area is 210 Å². The van der Waals surface area contributed by atoms with Crippen LogP contribution in [-0.2, 0) is 12.7 Å². The third-order valence-corrected chi connectivity index (χ3v) is 5.79. The molecule has 0 radical (unpaired) electrons. The third-order valence-electron chi connectivity index (χ3n) is 5.60. The molecule has 1 unspecified atom stereocenters. The van der Waals surface area contributed by atoms with Crippen LogP contribution in [0.4, 0.5) is 23.2 Å². The van der Waals surface area contributed by atoms with E-state index < -0.39 is 47.0 Å². The number of aryl methyl sites for hydroxylation is 1. The molecular weight excluding hydrogens is 520 g/mol. The molecule has 0 aliphatic rings. The zero-order valence-corrected chi connectivity index (χ0v) is 19.6. The molecule has 37 heavy (non-hydrogen) atoms. The van der Waals surface area contributed by atoms with Crippen molar-refractivity contribution in [3.8, 4) is 11.4 Å². The summed E-state index contributed by atoms with van der Waals surface area (Å²) < 4.78 is 55.8. The first-order valence-electron chi connectivity index (χ1n) is 10.9. The van der Waals surface area contributed by atoms with Crippen LogP contribution in [0.25, 0.3) is 22.2 Å². The highest BCUT2D eigenvalue weighted by Gasteiger charge is 2.37. The first-order valence-corrected chi connectivity index (χ1v) is 11.3. The van der Waals surface area contributed by atoms with E-state index in [0.717, 1.165) is 12.3 Å². The van der Waals surface area contributed by atoms with Gasteiger partial charge in [-0.1, -0.05) is 11.6 Å². The zero-order valence-electron chi connectivity index (χ0n) is 18.9. The van der Waals surface area contributed by atoms with Gasteiger partial charge in [0.2, 0.25) is 0 Å². The number of hydrogen-bond acceptors (Lipinski definition) is 7. The van der Waals surface area contributed by atoms with E-state index >= 15 is 0 Å². The van der Waals surface area contributed by atoms with Crippen LogP contribution in [0.3, 0.4) is 0 Å². The summed E-state index contributed by atoms with van der Waals surface area (Å²) >= 11 is 5.77. The zero-order chi connectivity index (χ0) is 26.7. The van der Waals surface area contributed by atoms with Crippen LogP contribution in [0.1, 0.15) is 18.4 Å². The molecule has 1 aromatic carbocycles. The Morgan fingerprint density at radius 3 is 2.57 bits per heavy atom. The Balaban J connectivity index is 1.49. The maximum absolute atomic E-state index is 14.8. The number of fused-ring (bicyclic) bond motifs is 1. The van der Waals surface area contributed by atoms with Crippen molar-refractivity contribution >= 4 is 28.1 Å². The Morgan fingerprint density at radius 2 is 1.89 bits per heavy atom. The number of anilines is 1. The molecule has 3 heterocycles. The number of alkyl halides is 3. The van der Waals surface area contributed by atoms with E-state index in [1.807, 2.05) is 0 Å². The summed E-state index contributed by atoms with van der Waals surface area (Å²) in [5, 5.41) is 18.1. The van der Waals surface area contributed by atoms with Crippen LogP contribution >= 0.6 is 11.6 Å². The molecule has 0 spiro atoms. The number of nitrogens with zero attached hydrogens (tertiary/aromatic N) is 4. The van der Waals surface area contributed by atoms with Crippen molar-refractivity contribution in [1.29, 1.82) is 0 Å². The normalized spacial score (nSPS) is 12.6. The SMILES string of the molecule is O=c1[nH]ncc(NC(CO)CCCn2ccc3cc(-c4ncc(Cl)cn4)c(F)cc3c2=O)c1C(F)(F)F. The van der Waals surface area contributed by atoms with Crippen molar-refractivity contribution in [3.05, 3.63) is 80.1 Å². The molecule has 1 atom stereocenters. The predicted octanol–water partition coefficient (Wildman–Crippen LogP) is 3.61. The fourth-order valence-corrected chi connectivity index (χ4v) is 3.93. The van der Waals surface area contributed by atoms with Crippen molar-refractivity contribution in [2.75, 3.05) is 11.9 Å². The minimum Gasteiger partial charge on any atom is -0.394 e. The third kappa shape index (κ3) is 5.78. The number of aliphatic hydroxyl groups is 1.